The Bertz CT molecular complexity index is 536. The van der Waals surface area contributed by atoms with Gasteiger partial charge in [-0.05, 0) is 12.1 Å². The summed E-state index contributed by atoms with van der Waals surface area (Å²) in [7, 11) is 0. The van der Waals surface area contributed by atoms with Crippen LogP contribution in [0.1, 0.15) is 5.82 Å². The second kappa shape index (κ2) is 3.93. The third kappa shape index (κ3) is 1.59. The Balaban J connectivity index is 2.64. The zero-order valence-electron chi connectivity index (χ0n) is 8.05. The zero-order valence-corrected chi connectivity index (χ0v) is 8.05. The number of imidazole rings is 1. The van der Waals surface area contributed by atoms with Gasteiger partial charge in [0.05, 0.1) is 30.1 Å². The molecule has 0 atom stereocenters. The van der Waals surface area contributed by atoms with Crippen molar-refractivity contribution in [3.8, 4) is 6.07 Å². The molecular weight excluding hydrogens is 190 g/mol. The molecule has 1 aromatic heterocycles. The molecule has 4 nitrogen and oxygen atoms in total. The molecule has 0 saturated heterocycles. The maximum absolute atomic E-state index is 10.5. The highest BCUT2D eigenvalue weighted by Gasteiger charge is 2.08. The highest BCUT2D eigenvalue weighted by atomic mass is 16.1. The lowest BCUT2D eigenvalue weighted by Gasteiger charge is -2.00. The van der Waals surface area contributed by atoms with Crippen LogP contribution in [0.2, 0.25) is 0 Å². The van der Waals surface area contributed by atoms with Gasteiger partial charge in [-0.25, -0.2) is 4.98 Å². The first-order chi connectivity index (χ1) is 7.36. The summed E-state index contributed by atoms with van der Waals surface area (Å²) in [6.07, 6.45) is 1.04. The maximum atomic E-state index is 10.5. The van der Waals surface area contributed by atoms with Crippen molar-refractivity contribution in [3.05, 3.63) is 30.1 Å². The number of hydrogen-bond acceptors (Lipinski definition) is 3. The molecule has 0 aliphatic carbocycles. The normalized spacial score (nSPS) is 10.1. The molecule has 1 heterocycles. The number of nitriles is 1. The molecule has 15 heavy (non-hydrogen) atoms. The maximum Gasteiger partial charge on any atom is 0.139 e. The summed E-state index contributed by atoms with van der Waals surface area (Å²) in [4.78, 5) is 14.8. The smallest absolute Gasteiger partial charge is 0.139 e. The summed E-state index contributed by atoms with van der Waals surface area (Å²) in [5.74, 6) is 0.644. The number of fused-ring (bicyclic) bond motifs is 1. The van der Waals surface area contributed by atoms with Crippen LogP contribution in [0.3, 0.4) is 0 Å². The molecule has 0 radical (unpaired) electrons. The number of carbonyl (C=O) groups excluding carboxylic acids is 1. The Hall–Kier alpha value is -2.15. The topological polar surface area (TPSA) is 58.7 Å². The van der Waals surface area contributed by atoms with Gasteiger partial charge >= 0.3 is 0 Å². The number of hydrogen-bond donors (Lipinski definition) is 0. The molecular formula is C11H9N3O. The van der Waals surface area contributed by atoms with E-state index >= 15 is 0 Å². The molecule has 0 aliphatic heterocycles. The van der Waals surface area contributed by atoms with E-state index in [1.807, 2.05) is 30.3 Å². The van der Waals surface area contributed by atoms with Crippen LogP contribution < -0.4 is 0 Å². The Morgan fingerprint density at radius 2 is 2.27 bits per heavy atom. The van der Waals surface area contributed by atoms with Crippen molar-refractivity contribution < 1.29 is 4.79 Å². The van der Waals surface area contributed by atoms with Gasteiger partial charge in [0.15, 0.2) is 0 Å². The monoisotopic (exact) mass is 199 g/mol. The first-order valence-electron chi connectivity index (χ1n) is 4.61. The summed E-state index contributed by atoms with van der Waals surface area (Å²) in [6, 6.07) is 9.59. The van der Waals surface area contributed by atoms with E-state index in [0.29, 0.717) is 5.82 Å². The van der Waals surface area contributed by atoms with Crippen LogP contribution in [0.4, 0.5) is 0 Å². The van der Waals surface area contributed by atoms with E-state index in [-0.39, 0.29) is 13.0 Å². The molecule has 0 fully saturated rings. The van der Waals surface area contributed by atoms with Crippen molar-refractivity contribution >= 4 is 17.3 Å². The van der Waals surface area contributed by atoms with Crippen molar-refractivity contribution in [1.29, 1.82) is 5.26 Å². The second-order valence-corrected chi connectivity index (χ2v) is 3.13. The summed E-state index contributed by atoms with van der Waals surface area (Å²) >= 11 is 0. The Morgan fingerprint density at radius 1 is 1.47 bits per heavy atom. The lowest BCUT2D eigenvalue weighted by atomic mass is 10.3. The number of para-hydroxylation sites is 2. The predicted octanol–water partition coefficient (Wildman–Crippen LogP) is 1.30. The summed E-state index contributed by atoms with van der Waals surface area (Å²) < 4.78 is 1.77. The van der Waals surface area contributed by atoms with Crippen molar-refractivity contribution in [2.45, 2.75) is 13.0 Å². The molecule has 4 heteroatoms. The van der Waals surface area contributed by atoms with E-state index in [2.05, 4.69) is 4.98 Å². The van der Waals surface area contributed by atoms with Gasteiger partial charge in [0, 0.05) is 0 Å². The van der Waals surface area contributed by atoms with Gasteiger partial charge in [-0.2, -0.15) is 5.26 Å². The quantitative estimate of drug-likeness (QED) is 0.700. The van der Waals surface area contributed by atoms with Gasteiger partial charge in [0.2, 0.25) is 0 Å². The average Bonchev–Trinajstić information content (AvgIpc) is 2.59. The fraction of sp³-hybridized carbons (Fsp3) is 0.182. The van der Waals surface area contributed by atoms with Gasteiger partial charge in [0.25, 0.3) is 0 Å². The largest absolute Gasteiger partial charge is 0.320 e. The molecule has 0 bridgehead atoms. The lowest BCUT2D eigenvalue weighted by Crippen LogP contribution is -2.04. The van der Waals surface area contributed by atoms with E-state index in [1.165, 1.54) is 0 Å². The fourth-order valence-corrected chi connectivity index (χ4v) is 1.61. The molecule has 74 valence electrons. The minimum atomic E-state index is 0.225. The highest BCUT2D eigenvalue weighted by molar-refractivity contribution is 5.76. The van der Waals surface area contributed by atoms with Gasteiger partial charge < -0.3 is 9.36 Å². The minimum Gasteiger partial charge on any atom is -0.320 e. The molecule has 2 aromatic rings. The van der Waals surface area contributed by atoms with Gasteiger partial charge in [-0.1, -0.05) is 12.1 Å². The van der Waals surface area contributed by atoms with Crippen molar-refractivity contribution in [2.75, 3.05) is 0 Å². The van der Waals surface area contributed by atoms with Gasteiger partial charge in [0.1, 0.15) is 12.1 Å². The summed E-state index contributed by atoms with van der Waals surface area (Å²) in [5.41, 5.74) is 1.72. The fourth-order valence-electron chi connectivity index (χ4n) is 1.61. The van der Waals surface area contributed by atoms with Gasteiger partial charge in [-0.3, -0.25) is 0 Å². The van der Waals surface area contributed by atoms with Gasteiger partial charge in [-0.15, -0.1) is 0 Å². The predicted molar refractivity (Wildman–Crippen MR) is 55.1 cm³/mol. The van der Waals surface area contributed by atoms with Crippen LogP contribution in [-0.2, 0) is 17.8 Å². The standard InChI is InChI=1S/C11H9N3O/c12-6-5-11-13-9-3-1-2-4-10(9)14(11)7-8-15/h1-4,8H,5,7H2. The van der Waals surface area contributed by atoms with Crippen LogP contribution in [0.25, 0.3) is 11.0 Å². The molecule has 1 aromatic carbocycles. The zero-order chi connectivity index (χ0) is 10.7. The molecule has 0 amide bonds. The Labute approximate surface area is 86.8 Å². The average molecular weight is 199 g/mol. The van der Waals surface area contributed by atoms with E-state index in [1.54, 1.807) is 4.57 Å². The van der Waals surface area contributed by atoms with E-state index < -0.39 is 0 Å². The number of nitrogens with zero attached hydrogens (tertiary/aromatic N) is 3. The van der Waals surface area contributed by atoms with Crippen molar-refractivity contribution in [1.82, 2.24) is 9.55 Å². The Kier molecular flexibility index (Phi) is 2.46. The van der Waals surface area contributed by atoms with E-state index in [0.717, 1.165) is 17.3 Å². The van der Waals surface area contributed by atoms with Crippen LogP contribution in [0, 0.1) is 11.3 Å². The van der Waals surface area contributed by atoms with E-state index in [4.69, 9.17) is 5.26 Å². The third-order valence-corrected chi connectivity index (χ3v) is 2.23. The van der Waals surface area contributed by atoms with Crippen LogP contribution in [0.5, 0.6) is 0 Å². The molecule has 0 aliphatic rings. The SMILES string of the molecule is N#CCc1nc2ccccc2n1CC=O. The number of benzene rings is 1. The van der Waals surface area contributed by atoms with Crippen LogP contribution in [-0.4, -0.2) is 15.8 Å². The molecule has 0 unspecified atom stereocenters. The second-order valence-electron chi connectivity index (χ2n) is 3.13. The van der Waals surface area contributed by atoms with Crippen molar-refractivity contribution in [3.63, 3.8) is 0 Å². The number of rotatable bonds is 3. The van der Waals surface area contributed by atoms with Crippen LogP contribution in [0.15, 0.2) is 24.3 Å². The van der Waals surface area contributed by atoms with Crippen LogP contribution >= 0.6 is 0 Å². The number of carbonyl (C=O) groups is 1. The molecule has 0 saturated carbocycles. The first kappa shape index (κ1) is 9.41. The molecule has 2 rings (SSSR count). The summed E-state index contributed by atoms with van der Waals surface area (Å²) in [6.45, 7) is 0.248. The Morgan fingerprint density at radius 3 is 3.00 bits per heavy atom. The number of aldehydes is 1. The molecule has 0 N–H and O–H groups in total. The van der Waals surface area contributed by atoms with Crippen molar-refractivity contribution in [2.24, 2.45) is 0 Å². The number of aromatic nitrogens is 2. The highest BCUT2D eigenvalue weighted by Crippen LogP contribution is 2.15. The summed E-state index contributed by atoms with van der Waals surface area (Å²) in [5, 5.41) is 8.65. The van der Waals surface area contributed by atoms with E-state index in [9.17, 15) is 4.79 Å². The minimum absolute atomic E-state index is 0.225. The third-order valence-electron chi connectivity index (χ3n) is 2.23. The molecule has 0 spiro atoms. The lowest BCUT2D eigenvalue weighted by molar-refractivity contribution is -0.108. The first-order valence-corrected chi connectivity index (χ1v) is 4.61.